The van der Waals surface area contributed by atoms with Gasteiger partial charge in [0.15, 0.2) is 0 Å². The van der Waals surface area contributed by atoms with Gasteiger partial charge in [-0.3, -0.25) is 9.59 Å². The molecule has 2 aromatic rings. The topological polar surface area (TPSA) is 92.8 Å². The van der Waals surface area contributed by atoms with Crippen molar-refractivity contribution in [1.82, 2.24) is 4.31 Å². The summed E-state index contributed by atoms with van der Waals surface area (Å²) in [6.45, 7) is 7.44. The number of methoxy groups -OCH3 is 1. The number of hydrogen-bond acceptors (Lipinski definition) is 5. The smallest absolute Gasteiger partial charge is 0.267 e. The van der Waals surface area contributed by atoms with Crippen LogP contribution in [0.25, 0.3) is 0 Å². The summed E-state index contributed by atoms with van der Waals surface area (Å²) in [7, 11) is -2.69. The van der Waals surface area contributed by atoms with Gasteiger partial charge in [-0.1, -0.05) is 17.7 Å². The lowest BCUT2D eigenvalue weighted by atomic mass is 10.0. The Bertz CT molecular complexity index is 1100. The fourth-order valence-corrected chi connectivity index (χ4v) is 5.60. The van der Waals surface area contributed by atoms with Gasteiger partial charge in [-0.05, 0) is 69.0 Å². The van der Waals surface area contributed by atoms with Gasteiger partial charge in [-0.2, -0.15) is 0 Å². The SMILES string of the molecule is COc1ccc(S(=O)(=O)N2C(=O)CC[C@@H]2C(=O)Nc2c(C)cc(C)cc2C)cc1C. The van der Waals surface area contributed by atoms with E-state index in [1.807, 2.05) is 32.9 Å². The summed E-state index contributed by atoms with van der Waals surface area (Å²) in [6, 6.07) is 7.16. The third kappa shape index (κ3) is 3.92. The minimum atomic E-state index is -4.18. The second-order valence-corrected chi connectivity index (χ2v) is 9.46. The van der Waals surface area contributed by atoms with Crippen molar-refractivity contribution in [2.75, 3.05) is 12.4 Å². The quantitative estimate of drug-likeness (QED) is 0.786. The minimum Gasteiger partial charge on any atom is -0.496 e. The number of ether oxygens (including phenoxy) is 1. The molecule has 1 fully saturated rings. The molecule has 1 saturated heterocycles. The summed E-state index contributed by atoms with van der Waals surface area (Å²) in [5.41, 5.74) is 4.09. The van der Waals surface area contributed by atoms with E-state index in [0.717, 1.165) is 21.0 Å². The van der Waals surface area contributed by atoms with Crippen LogP contribution in [-0.2, 0) is 19.6 Å². The molecule has 160 valence electrons. The first kappa shape index (κ1) is 21.8. The van der Waals surface area contributed by atoms with Crippen LogP contribution >= 0.6 is 0 Å². The number of carbonyl (C=O) groups excluding carboxylic acids is 2. The third-order valence-corrected chi connectivity index (χ3v) is 7.14. The molecule has 1 heterocycles. The van der Waals surface area contributed by atoms with E-state index in [1.165, 1.54) is 25.3 Å². The number of benzene rings is 2. The van der Waals surface area contributed by atoms with E-state index in [0.29, 0.717) is 17.0 Å². The number of carbonyl (C=O) groups is 2. The number of anilines is 1. The normalized spacial score (nSPS) is 16.6. The molecule has 2 aromatic carbocycles. The van der Waals surface area contributed by atoms with Gasteiger partial charge >= 0.3 is 0 Å². The Morgan fingerprint density at radius 1 is 1.07 bits per heavy atom. The number of sulfonamides is 1. The van der Waals surface area contributed by atoms with Crippen LogP contribution < -0.4 is 10.1 Å². The first-order valence-corrected chi connectivity index (χ1v) is 11.1. The average Bonchev–Trinajstić information content (AvgIpc) is 3.06. The van der Waals surface area contributed by atoms with Crippen LogP contribution in [0.5, 0.6) is 5.75 Å². The van der Waals surface area contributed by atoms with E-state index >= 15 is 0 Å². The maximum atomic E-state index is 13.2. The lowest BCUT2D eigenvalue weighted by molar-refractivity contribution is -0.128. The van der Waals surface area contributed by atoms with Crippen LogP contribution in [0, 0.1) is 27.7 Å². The average molecular weight is 431 g/mol. The van der Waals surface area contributed by atoms with Gasteiger partial charge < -0.3 is 10.1 Å². The molecule has 1 aliphatic heterocycles. The van der Waals surface area contributed by atoms with Crippen molar-refractivity contribution in [1.29, 1.82) is 0 Å². The van der Waals surface area contributed by atoms with Crippen LogP contribution in [0.4, 0.5) is 5.69 Å². The second-order valence-electron chi connectivity index (χ2n) is 7.64. The Morgan fingerprint density at radius 2 is 1.70 bits per heavy atom. The highest BCUT2D eigenvalue weighted by Gasteiger charge is 2.44. The molecule has 7 nitrogen and oxygen atoms in total. The molecule has 1 N–H and O–H groups in total. The van der Waals surface area contributed by atoms with Crippen LogP contribution in [0.2, 0.25) is 0 Å². The predicted molar refractivity (Wildman–Crippen MR) is 114 cm³/mol. The number of aryl methyl sites for hydroxylation is 4. The minimum absolute atomic E-state index is 0.00167. The van der Waals surface area contributed by atoms with Gasteiger partial charge in [-0.15, -0.1) is 0 Å². The summed E-state index contributed by atoms with van der Waals surface area (Å²) in [5, 5.41) is 2.83. The molecule has 3 rings (SSSR count). The zero-order valence-corrected chi connectivity index (χ0v) is 18.6. The number of nitrogens with one attached hydrogen (secondary N) is 1. The monoisotopic (exact) mass is 430 g/mol. The van der Waals surface area contributed by atoms with E-state index in [9.17, 15) is 18.0 Å². The van der Waals surface area contributed by atoms with Crippen molar-refractivity contribution in [3.05, 3.63) is 52.6 Å². The summed E-state index contributed by atoms with van der Waals surface area (Å²) < 4.78 is 32.4. The van der Waals surface area contributed by atoms with Gasteiger partial charge in [0, 0.05) is 12.1 Å². The molecule has 8 heteroatoms. The van der Waals surface area contributed by atoms with E-state index in [4.69, 9.17) is 4.74 Å². The molecule has 0 saturated carbocycles. The summed E-state index contributed by atoms with van der Waals surface area (Å²) in [6.07, 6.45) is 0.140. The molecule has 30 heavy (non-hydrogen) atoms. The summed E-state index contributed by atoms with van der Waals surface area (Å²) in [5.74, 6) is -0.549. The van der Waals surface area contributed by atoms with Gasteiger partial charge in [0.1, 0.15) is 11.8 Å². The largest absolute Gasteiger partial charge is 0.496 e. The van der Waals surface area contributed by atoms with Gasteiger partial charge in [0.05, 0.1) is 12.0 Å². The Hall–Kier alpha value is -2.87. The fourth-order valence-electron chi connectivity index (χ4n) is 3.91. The van der Waals surface area contributed by atoms with Gasteiger partial charge in [-0.25, -0.2) is 12.7 Å². The molecule has 1 atom stereocenters. The highest BCUT2D eigenvalue weighted by molar-refractivity contribution is 7.89. The van der Waals surface area contributed by atoms with Crippen LogP contribution in [0.15, 0.2) is 35.2 Å². The zero-order valence-electron chi connectivity index (χ0n) is 17.8. The first-order chi connectivity index (χ1) is 14.1. The molecule has 0 aromatic heterocycles. The number of rotatable bonds is 5. The Labute approximate surface area is 177 Å². The molecule has 0 aliphatic carbocycles. The lowest BCUT2D eigenvalue weighted by Crippen LogP contribution is -2.45. The molecule has 0 unspecified atom stereocenters. The second kappa shape index (κ2) is 8.10. The fraction of sp³-hybridized carbons (Fsp3) is 0.364. The van der Waals surface area contributed by atoms with Crippen molar-refractivity contribution in [3.8, 4) is 5.75 Å². The van der Waals surface area contributed by atoms with Crippen molar-refractivity contribution in [2.24, 2.45) is 0 Å². The van der Waals surface area contributed by atoms with Crippen LogP contribution in [-0.4, -0.2) is 37.7 Å². The molecule has 2 amide bonds. The first-order valence-electron chi connectivity index (χ1n) is 9.67. The van der Waals surface area contributed by atoms with E-state index in [1.54, 1.807) is 6.92 Å². The van der Waals surface area contributed by atoms with Gasteiger partial charge in [0.25, 0.3) is 10.0 Å². The van der Waals surface area contributed by atoms with E-state index in [2.05, 4.69) is 5.32 Å². The van der Waals surface area contributed by atoms with Crippen molar-refractivity contribution < 1.29 is 22.7 Å². The Balaban J connectivity index is 1.94. The number of hydrogen-bond donors (Lipinski definition) is 1. The maximum Gasteiger partial charge on any atom is 0.267 e. The lowest BCUT2D eigenvalue weighted by Gasteiger charge is -2.25. The highest BCUT2D eigenvalue weighted by atomic mass is 32.2. The molecular weight excluding hydrogens is 404 g/mol. The maximum absolute atomic E-state index is 13.2. The Kier molecular flexibility index (Phi) is 5.90. The van der Waals surface area contributed by atoms with E-state index < -0.39 is 27.9 Å². The standard InChI is InChI=1S/C22H26N2O5S/c1-13-10-15(3)21(16(4)11-13)23-22(26)18-7-9-20(25)24(18)30(27,28)17-6-8-19(29-5)14(2)12-17/h6,8,10-12,18H,7,9H2,1-5H3,(H,23,26)/t18-/m1/s1. The van der Waals surface area contributed by atoms with Crippen LogP contribution in [0.1, 0.15) is 35.1 Å². The number of amides is 2. The number of nitrogens with zero attached hydrogens (tertiary/aromatic N) is 1. The molecule has 0 radical (unpaired) electrons. The summed E-state index contributed by atoms with van der Waals surface area (Å²) >= 11 is 0. The van der Waals surface area contributed by atoms with Crippen molar-refractivity contribution in [3.63, 3.8) is 0 Å². The molecule has 1 aliphatic rings. The Morgan fingerprint density at radius 3 is 2.27 bits per heavy atom. The van der Waals surface area contributed by atoms with E-state index in [-0.39, 0.29) is 17.7 Å². The van der Waals surface area contributed by atoms with Gasteiger partial charge in [0.2, 0.25) is 11.8 Å². The summed E-state index contributed by atoms with van der Waals surface area (Å²) in [4.78, 5) is 25.5. The predicted octanol–water partition coefficient (Wildman–Crippen LogP) is 3.25. The van der Waals surface area contributed by atoms with Crippen molar-refractivity contribution in [2.45, 2.75) is 51.5 Å². The third-order valence-electron chi connectivity index (χ3n) is 5.31. The zero-order chi connectivity index (χ0) is 22.2. The molecular formula is C22H26N2O5S. The highest BCUT2D eigenvalue weighted by Crippen LogP contribution is 2.31. The molecule has 0 spiro atoms. The molecule has 0 bridgehead atoms. The van der Waals surface area contributed by atoms with Crippen molar-refractivity contribution >= 4 is 27.5 Å². The van der Waals surface area contributed by atoms with Crippen LogP contribution in [0.3, 0.4) is 0 Å².